The van der Waals surface area contributed by atoms with Gasteiger partial charge >= 0.3 is 0 Å². The zero-order valence-corrected chi connectivity index (χ0v) is 10.5. The summed E-state index contributed by atoms with van der Waals surface area (Å²) < 4.78 is 2.16. The van der Waals surface area contributed by atoms with Gasteiger partial charge in [0.25, 0.3) is 0 Å². The number of aromatic nitrogens is 2. The molecule has 1 aliphatic carbocycles. The van der Waals surface area contributed by atoms with Crippen LogP contribution in [0.2, 0.25) is 0 Å². The average Bonchev–Trinajstić information content (AvgIpc) is 2.74. The number of anilines is 1. The van der Waals surface area contributed by atoms with Crippen LogP contribution in [0.15, 0.2) is 18.2 Å². The van der Waals surface area contributed by atoms with Crippen LogP contribution in [-0.2, 0) is 6.61 Å². The second-order valence-electron chi connectivity index (χ2n) is 5.11. The Kier molecular flexibility index (Phi) is 2.96. The molecule has 18 heavy (non-hydrogen) atoms. The molecule has 0 spiro atoms. The molecule has 0 bridgehead atoms. The van der Waals surface area contributed by atoms with E-state index in [9.17, 15) is 5.11 Å². The highest BCUT2D eigenvalue weighted by Gasteiger charge is 2.20. The number of nitrogens with two attached hydrogens (primary N) is 1. The predicted molar refractivity (Wildman–Crippen MR) is 72.2 cm³/mol. The van der Waals surface area contributed by atoms with E-state index in [0.29, 0.717) is 12.0 Å². The zero-order chi connectivity index (χ0) is 12.5. The van der Waals surface area contributed by atoms with Crippen LogP contribution in [0.1, 0.15) is 43.7 Å². The van der Waals surface area contributed by atoms with Crippen molar-refractivity contribution in [3.8, 4) is 0 Å². The lowest BCUT2D eigenvalue weighted by Gasteiger charge is -2.24. The molecule has 0 amide bonds. The molecule has 0 unspecified atom stereocenters. The van der Waals surface area contributed by atoms with Crippen LogP contribution in [0.25, 0.3) is 11.0 Å². The van der Waals surface area contributed by atoms with Crippen molar-refractivity contribution in [2.45, 2.75) is 44.8 Å². The molecule has 1 fully saturated rings. The van der Waals surface area contributed by atoms with Gasteiger partial charge in [0.05, 0.1) is 17.6 Å². The van der Waals surface area contributed by atoms with Crippen molar-refractivity contribution in [1.29, 1.82) is 0 Å². The van der Waals surface area contributed by atoms with Crippen molar-refractivity contribution in [3.63, 3.8) is 0 Å². The number of rotatable bonds is 2. The van der Waals surface area contributed by atoms with Gasteiger partial charge in [-0.1, -0.05) is 25.3 Å². The standard InChI is InChI=1S/C14H19N3O/c15-14-16-12-7-6-10(9-18)8-13(12)17(14)11-4-2-1-3-5-11/h6-8,11,18H,1-5,9H2,(H2,15,16). The maximum atomic E-state index is 9.24. The summed E-state index contributed by atoms with van der Waals surface area (Å²) in [6, 6.07) is 6.32. The van der Waals surface area contributed by atoms with Gasteiger partial charge in [-0.2, -0.15) is 0 Å². The SMILES string of the molecule is Nc1nc2ccc(CO)cc2n1C1CCCCC1. The Balaban J connectivity index is 2.10. The van der Waals surface area contributed by atoms with E-state index in [2.05, 4.69) is 9.55 Å². The van der Waals surface area contributed by atoms with Crippen LogP contribution in [0.4, 0.5) is 5.95 Å². The van der Waals surface area contributed by atoms with E-state index in [-0.39, 0.29) is 6.61 Å². The van der Waals surface area contributed by atoms with Gasteiger partial charge in [0, 0.05) is 6.04 Å². The summed E-state index contributed by atoms with van der Waals surface area (Å²) >= 11 is 0. The van der Waals surface area contributed by atoms with Crippen LogP contribution in [0, 0.1) is 0 Å². The van der Waals surface area contributed by atoms with Crippen molar-refractivity contribution in [1.82, 2.24) is 9.55 Å². The molecule has 1 aliphatic rings. The third-order valence-corrected chi connectivity index (χ3v) is 3.90. The minimum atomic E-state index is 0.0612. The second-order valence-corrected chi connectivity index (χ2v) is 5.11. The summed E-state index contributed by atoms with van der Waals surface area (Å²) in [5, 5.41) is 9.24. The summed E-state index contributed by atoms with van der Waals surface area (Å²) in [7, 11) is 0. The molecule has 1 aromatic carbocycles. The first kappa shape index (κ1) is 11.5. The monoisotopic (exact) mass is 245 g/mol. The molecule has 1 aromatic heterocycles. The molecule has 96 valence electrons. The van der Waals surface area contributed by atoms with Gasteiger partial charge < -0.3 is 15.4 Å². The zero-order valence-electron chi connectivity index (χ0n) is 10.5. The van der Waals surface area contributed by atoms with Crippen molar-refractivity contribution < 1.29 is 5.11 Å². The Hall–Kier alpha value is -1.55. The lowest BCUT2D eigenvalue weighted by atomic mass is 9.95. The quantitative estimate of drug-likeness (QED) is 0.854. The smallest absolute Gasteiger partial charge is 0.201 e. The lowest BCUT2D eigenvalue weighted by molar-refractivity contribution is 0.282. The molecule has 0 saturated heterocycles. The van der Waals surface area contributed by atoms with Crippen LogP contribution in [-0.4, -0.2) is 14.7 Å². The number of imidazole rings is 1. The van der Waals surface area contributed by atoms with E-state index in [0.717, 1.165) is 16.6 Å². The van der Waals surface area contributed by atoms with Crippen molar-refractivity contribution in [3.05, 3.63) is 23.8 Å². The Morgan fingerprint density at radius 2 is 2.06 bits per heavy atom. The Morgan fingerprint density at radius 1 is 1.28 bits per heavy atom. The third kappa shape index (κ3) is 1.86. The van der Waals surface area contributed by atoms with Gasteiger partial charge in [0.1, 0.15) is 0 Å². The van der Waals surface area contributed by atoms with Gasteiger partial charge in [-0.25, -0.2) is 4.98 Å². The molecule has 2 aromatic rings. The van der Waals surface area contributed by atoms with E-state index in [1.165, 1.54) is 32.1 Å². The topological polar surface area (TPSA) is 64.1 Å². The van der Waals surface area contributed by atoms with Crippen LogP contribution >= 0.6 is 0 Å². The van der Waals surface area contributed by atoms with Gasteiger partial charge in [-0.15, -0.1) is 0 Å². The summed E-state index contributed by atoms with van der Waals surface area (Å²) in [4.78, 5) is 4.42. The number of aliphatic hydroxyl groups excluding tert-OH is 1. The number of fused-ring (bicyclic) bond motifs is 1. The Morgan fingerprint density at radius 3 is 2.78 bits per heavy atom. The first-order chi connectivity index (χ1) is 8.79. The molecule has 0 aliphatic heterocycles. The van der Waals surface area contributed by atoms with Crippen molar-refractivity contribution >= 4 is 17.0 Å². The van der Waals surface area contributed by atoms with Gasteiger partial charge in [-0.05, 0) is 30.5 Å². The fourth-order valence-electron chi connectivity index (χ4n) is 2.98. The fourth-order valence-corrected chi connectivity index (χ4v) is 2.98. The largest absolute Gasteiger partial charge is 0.392 e. The molecule has 1 heterocycles. The number of hydrogen-bond acceptors (Lipinski definition) is 3. The predicted octanol–water partition coefficient (Wildman–Crippen LogP) is 2.62. The highest BCUT2D eigenvalue weighted by Crippen LogP contribution is 2.33. The van der Waals surface area contributed by atoms with Crippen LogP contribution < -0.4 is 5.73 Å². The van der Waals surface area contributed by atoms with Crippen molar-refractivity contribution in [2.75, 3.05) is 5.73 Å². The van der Waals surface area contributed by atoms with Gasteiger partial charge in [0.2, 0.25) is 5.95 Å². The minimum absolute atomic E-state index is 0.0612. The number of nitrogens with zero attached hydrogens (tertiary/aromatic N) is 2. The van der Waals surface area contributed by atoms with E-state index in [1.807, 2.05) is 18.2 Å². The molecule has 0 radical (unpaired) electrons. The number of benzene rings is 1. The van der Waals surface area contributed by atoms with Crippen LogP contribution in [0.3, 0.4) is 0 Å². The molecule has 1 saturated carbocycles. The van der Waals surface area contributed by atoms with Gasteiger partial charge in [0.15, 0.2) is 0 Å². The normalized spacial score (nSPS) is 17.4. The van der Waals surface area contributed by atoms with E-state index < -0.39 is 0 Å². The lowest BCUT2D eigenvalue weighted by Crippen LogP contribution is -2.15. The number of aliphatic hydroxyl groups is 1. The fraction of sp³-hybridized carbons (Fsp3) is 0.500. The van der Waals surface area contributed by atoms with Crippen LogP contribution in [0.5, 0.6) is 0 Å². The summed E-state index contributed by atoms with van der Waals surface area (Å²) in [5.41, 5.74) is 8.97. The summed E-state index contributed by atoms with van der Waals surface area (Å²) in [6.07, 6.45) is 6.22. The second kappa shape index (κ2) is 4.61. The Bertz CT molecular complexity index is 555. The van der Waals surface area contributed by atoms with E-state index in [4.69, 9.17) is 5.73 Å². The Labute approximate surface area is 106 Å². The third-order valence-electron chi connectivity index (χ3n) is 3.90. The maximum absolute atomic E-state index is 9.24. The maximum Gasteiger partial charge on any atom is 0.201 e. The van der Waals surface area contributed by atoms with Crippen molar-refractivity contribution in [2.24, 2.45) is 0 Å². The molecule has 4 nitrogen and oxygen atoms in total. The van der Waals surface area contributed by atoms with E-state index >= 15 is 0 Å². The molecule has 3 rings (SSSR count). The van der Waals surface area contributed by atoms with Gasteiger partial charge in [-0.3, -0.25) is 0 Å². The summed E-state index contributed by atoms with van der Waals surface area (Å²) in [6.45, 7) is 0.0612. The number of nitrogen functional groups attached to an aromatic ring is 1. The van der Waals surface area contributed by atoms with E-state index in [1.54, 1.807) is 0 Å². The molecule has 0 atom stereocenters. The molecular formula is C14H19N3O. The minimum Gasteiger partial charge on any atom is -0.392 e. The highest BCUT2D eigenvalue weighted by atomic mass is 16.3. The molecule has 4 heteroatoms. The summed E-state index contributed by atoms with van der Waals surface area (Å²) in [5.74, 6) is 0.604. The number of hydrogen-bond donors (Lipinski definition) is 2. The average molecular weight is 245 g/mol. The molecular weight excluding hydrogens is 226 g/mol. The first-order valence-electron chi connectivity index (χ1n) is 6.67. The molecule has 3 N–H and O–H groups in total. The first-order valence-corrected chi connectivity index (χ1v) is 6.67. The highest BCUT2D eigenvalue weighted by molar-refractivity contribution is 5.79.